The fourth-order valence-electron chi connectivity index (χ4n) is 3.16. The Morgan fingerprint density at radius 2 is 2.14 bits per heavy atom. The number of halogens is 1. The summed E-state index contributed by atoms with van der Waals surface area (Å²) in [4.78, 5) is 2.53. The van der Waals surface area contributed by atoms with Crippen LogP contribution in [0.2, 0.25) is 0 Å². The summed E-state index contributed by atoms with van der Waals surface area (Å²) in [5.41, 5.74) is 7.70. The van der Waals surface area contributed by atoms with Crippen LogP contribution in [0.5, 0.6) is 5.75 Å². The standard InChI is InChI=1S/C17H27BrN2O/c1-17(2,3)13-7-8-20(11-13)15(10-19)12-5-6-16(21-4)14(18)9-12/h5-6,9,13,15H,7-8,10-11,19H2,1-4H3. The zero-order valence-corrected chi connectivity index (χ0v) is 15.1. The van der Waals surface area contributed by atoms with Crippen molar-refractivity contribution in [3.05, 3.63) is 28.2 Å². The Hall–Kier alpha value is -0.580. The van der Waals surface area contributed by atoms with Crippen LogP contribution in [-0.4, -0.2) is 31.6 Å². The Balaban J connectivity index is 2.15. The predicted molar refractivity (Wildman–Crippen MR) is 91.6 cm³/mol. The van der Waals surface area contributed by atoms with E-state index in [1.54, 1.807) is 7.11 Å². The van der Waals surface area contributed by atoms with E-state index in [4.69, 9.17) is 10.5 Å². The molecule has 2 unspecified atom stereocenters. The van der Waals surface area contributed by atoms with Gasteiger partial charge in [-0.3, -0.25) is 4.90 Å². The summed E-state index contributed by atoms with van der Waals surface area (Å²) in [7, 11) is 1.69. The summed E-state index contributed by atoms with van der Waals surface area (Å²) in [6.45, 7) is 9.92. The minimum atomic E-state index is 0.291. The van der Waals surface area contributed by atoms with E-state index in [0.29, 0.717) is 18.0 Å². The normalized spacial score (nSPS) is 21.5. The quantitative estimate of drug-likeness (QED) is 0.892. The fraction of sp³-hybridized carbons (Fsp3) is 0.647. The molecule has 0 amide bonds. The lowest BCUT2D eigenvalue weighted by Crippen LogP contribution is -2.33. The van der Waals surface area contributed by atoms with Crippen LogP contribution < -0.4 is 10.5 Å². The Labute approximate surface area is 137 Å². The molecule has 1 saturated heterocycles. The number of benzene rings is 1. The van der Waals surface area contributed by atoms with Gasteiger partial charge in [0.15, 0.2) is 0 Å². The molecule has 0 bridgehead atoms. The fourth-order valence-corrected chi connectivity index (χ4v) is 3.72. The van der Waals surface area contributed by atoms with E-state index in [1.165, 1.54) is 12.0 Å². The molecular weight excluding hydrogens is 328 g/mol. The molecule has 3 nitrogen and oxygen atoms in total. The number of nitrogens with zero attached hydrogens (tertiary/aromatic N) is 1. The lowest BCUT2D eigenvalue weighted by Gasteiger charge is -2.30. The second-order valence-electron chi connectivity index (χ2n) is 6.99. The van der Waals surface area contributed by atoms with Crippen LogP contribution in [0.25, 0.3) is 0 Å². The van der Waals surface area contributed by atoms with E-state index in [2.05, 4.69) is 53.7 Å². The number of rotatable bonds is 4. The Morgan fingerprint density at radius 3 is 2.62 bits per heavy atom. The van der Waals surface area contributed by atoms with Gasteiger partial charge in [-0.2, -0.15) is 0 Å². The molecule has 4 heteroatoms. The van der Waals surface area contributed by atoms with Crippen LogP contribution in [0.15, 0.2) is 22.7 Å². The second kappa shape index (κ2) is 6.67. The minimum absolute atomic E-state index is 0.291. The van der Waals surface area contributed by atoms with Crippen molar-refractivity contribution in [2.24, 2.45) is 17.1 Å². The van der Waals surface area contributed by atoms with Gasteiger partial charge in [0.1, 0.15) is 5.75 Å². The molecule has 1 aliphatic heterocycles. The maximum absolute atomic E-state index is 6.07. The zero-order chi connectivity index (χ0) is 15.6. The van der Waals surface area contributed by atoms with Crippen LogP contribution in [0.3, 0.4) is 0 Å². The molecule has 0 aromatic heterocycles. The Morgan fingerprint density at radius 1 is 1.43 bits per heavy atom. The number of ether oxygens (including phenoxy) is 1. The molecule has 2 atom stereocenters. The number of hydrogen-bond donors (Lipinski definition) is 1. The molecule has 1 fully saturated rings. The van der Waals surface area contributed by atoms with Crippen molar-refractivity contribution in [1.29, 1.82) is 0 Å². The van der Waals surface area contributed by atoms with Crippen LogP contribution in [0.4, 0.5) is 0 Å². The number of methoxy groups -OCH3 is 1. The Kier molecular flexibility index (Phi) is 5.33. The van der Waals surface area contributed by atoms with Gasteiger partial charge in [0.05, 0.1) is 11.6 Å². The highest BCUT2D eigenvalue weighted by Gasteiger charge is 2.34. The molecule has 1 aromatic carbocycles. The van der Waals surface area contributed by atoms with Crippen molar-refractivity contribution in [3.8, 4) is 5.75 Å². The Bertz CT molecular complexity index is 484. The summed E-state index contributed by atoms with van der Waals surface area (Å²) in [6, 6.07) is 6.57. The van der Waals surface area contributed by atoms with Crippen molar-refractivity contribution in [2.75, 3.05) is 26.7 Å². The minimum Gasteiger partial charge on any atom is -0.496 e. The molecule has 0 aliphatic carbocycles. The van der Waals surface area contributed by atoms with Gasteiger partial charge in [0.25, 0.3) is 0 Å². The van der Waals surface area contributed by atoms with Crippen molar-refractivity contribution >= 4 is 15.9 Å². The molecule has 118 valence electrons. The van der Waals surface area contributed by atoms with Crippen LogP contribution in [0, 0.1) is 11.3 Å². The van der Waals surface area contributed by atoms with E-state index in [0.717, 1.165) is 29.2 Å². The summed E-state index contributed by atoms with van der Waals surface area (Å²) < 4.78 is 6.30. The highest BCUT2D eigenvalue weighted by molar-refractivity contribution is 9.10. The van der Waals surface area contributed by atoms with Crippen molar-refractivity contribution in [2.45, 2.75) is 33.2 Å². The van der Waals surface area contributed by atoms with E-state index in [-0.39, 0.29) is 0 Å². The molecule has 21 heavy (non-hydrogen) atoms. The van der Waals surface area contributed by atoms with E-state index < -0.39 is 0 Å². The summed E-state index contributed by atoms with van der Waals surface area (Å²) in [6.07, 6.45) is 1.26. The van der Waals surface area contributed by atoms with E-state index in [1.807, 2.05) is 6.07 Å². The van der Waals surface area contributed by atoms with Gasteiger partial charge in [-0.15, -0.1) is 0 Å². The first-order valence-electron chi connectivity index (χ1n) is 7.64. The number of hydrogen-bond acceptors (Lipinski definition) is 3. The van der Waals surface area contributed by atoms with Gasteiger partial charge < -0.3 is 10.5 Å². The molecule has 1 heterocycles. The average Bonchev–Trinajstić information content (AvgIpc) is 2.89. The second-order valence-corrected chi connectivity index (χ2v) is 7.85. The van der Waals surface area contributed by atoms with Gasteiger partial charge in [-0.05, 0) is 57.9 Å². The monoisotopic (exact) mass is 354 g/mol. The largest absolute Gasteiger partial charge is 0.496 e. The first-order chi connectivity index (χ1) is 9.86. The third kappa shape index (κ3) is 3.79. The zero-order valence-electron chi connectivity index (χ0n) is 13.5. The topological polar surface area (TPSA) is 38.5 Å². The van der Waals surface area contributed by atoms with E-state index >= 15 is 0 Å². The molecule has 0 saturated carbocycles. The predicted octanol–water partition coefficient (Wildman–Crippen LogP) is 3.83. The molecule has 2 N–H and O–H groups in total. The van der Waals surface area contributed by atoms with Gasteiger partial charge in [-0.1, -0.05) is 26.8 Å². The molecule has 0 radical (unpaired) electrons. The number of nitrogens with two attached hydrogens (primary N) is 1. The van der Waals surface area contributed by atoms with Crippen molar-refractivity contribution in [1.82, 2.24) is 4.90 Å². The SMILES string of the molecule is COc1ccc(C(CN)N2CCC(C(C)(C)C)C2)cc1Br. The molecule has 1 aliphatic rings. The highest BCUT2D eigenvalue weighted by Crippen LogP contribution is 2.38. The molecule has 0 spiro atoms. The maximum Gasteiger partial charge on any atom is 0.133 e. The van der Waals surface area contributed by atoms with Crippen molar-refractivity contribution < 1.29 is 4.74 Å². The maximum atomic E-state index is 6.07. The number of likely N-dealkylation sites (tertiary alicyclic amines) is 1. The van der Waals surface area contributed by atoms with Crippen molar-refractivity contribution in [3.63, 3.8) is 0 Å². The lowest BCUT2D eigenvalue weighted by atomic mass is 9.80. The smallest absolute Gasteiger partial charge is 0.133 e. The van der Waals surface area contributed by atoms with Gasteiger partial charge >= 0.3 is 0 Å². The first kappa shape index (κ1) is 16.8. The van der Waals surface area contributed by atoms with Gasteiger partial charge in [0.2, 0.25) is 0 Å². The summed E-state index contributed by atoms with van der Waals surface area (Å²) >= 11 is 3.57. The van der Waals surface area contributed by atoms with Gasteiger partial charge in [0, 0.05) is 19.1 Å². The highest BCUT2D eigenvalue weighted by atomic mass is 79.9. The molecule has 1 aromatic rings. The van der Waals surface area contributed by atoms with Crippen LogP contribution in [0.1, 0.15) is 38.8 Å². The van der Waals surface area contributed by atoms with Crippen LogP contribution in [-0.2, 0) is 0 Å². The van der Waals surface area contributed by atoms with Crippen LogP contribution >= 0.6 is 15.9 Å². The lowest BCUT2D eigenvalue weighted by molar-refractivity contribution is 0.197. The molecular formula is C17H27BrN2O. The first-order valence-corrected chi connectivity index (χ1v) is 8.43. The third-order valence-corrected chi connectivity index (χ3v) is 5.29. The average molecular weight is 355 g/mol. The summed E-state index contributed by atoms with van der Waals surface area (Å²) in [5, 5.41) is 0. The van der Waals surface area contributed by atoms with Gasteiger partial charge in [-0.25, -0.2) is 0 Å². The molecule has 2 rings (SSSR count). The van der Waals surface area contributed by atoms with E-state index in [9.17, 15) is 0 Å². The third-order valence-electron chi connectivity index (χ3n) is 4.67. The summed E-state index contributed by atoms with van der Waals surface area (Å²) in [5.74, 6) is 1.61.